The van der Waals surface area contributed by atoms with Crippen molar-refractivity contribution in [1.29, 1.82) is 0 Å². The second-order valence-electron chi connectivity index (χ2n) is 8.00. The third kappa shape index (κ3) is 4.59. The molecular formula is C22H30N4O. The lowest BCUT2D eigenvalue weighted by Gasteiger charge is -2.37. The van der Waals surface area contributed by atoms with Crippen molar-refractivity contribution in [3.8, 4) is 5.69 Å². The molecule has 1 N–H and O–H groups in total. The molecule has 5 heteroatoms. The molecule has 2 aromatic rings. The van der Waals surface area contributed by atoms with Gasteiger partial charge in [0.05, 0.1) is 6.33 Å². The first-order valence-electron chi connectivity index (χ1n) is 10.4. The quantitative estimate of drug-likeness (QED) is 0.879. The van der Waals surface area contributed by atoms with Crippen molar-refractivity contribution in [2.24, 2.45) is 5.92 Å². The van der Waals surface area contributed by atoms with Crippen molar-refractivity contribution in [3.63, 3.8) is 0 Å². The molecule has 0 bridgehead atoms. The molecule has 5 nitrogen and oxygen atoms in total. The summed E-state index contributed by atoms with van der Waals surface area (Å²) in [7, 11) is 0. The monoisotopic (exact) mass is 366 g/mol. The third-order valence-electron chi connectivity index (χ3n) is 6.10. The molecule has 2 atom stereocenters. The minimum absolute atomic E-state index is 0.0581. The maximum Gasteiger partial charge on any atom is 0.251 e. The normalized spacial score (nSPS) is 23.9. The van der Waals surface area contributed by atoms with E-state index in [-0.39, 0.29) is 5.91 Å². The summed E-state index contributed by atoms with van der Waals surface area (Å²) in [6.45, 7) is 3.60. The number of amides is 1. The average Bonchev–Trinajstić information content (AvgIpc) is 3.25. The van der Waals surface area contributed by atoms with Gasteiger partial charge >= 0.3 is 0 Å². The van der Waals surface area contributed by atoms with Crippen LogP contribution in [-0.2, 0) is 0 Å². The summed E-state index contributed by atoms with van der Waals surface area (Å²) in [6, 6.07) is 8.08. The van der Waals surface area contributed by atoms with Crippen molar-refractivity contribution in [2.45, 2.75) is 51.0 Å². The van der Waals surface area contributed by atoms with Gasteiger partial charge in [0.25, 0.3) is 5.91 Å². The van der Waals surface area contributed by atoms with E-state index < -0.39 is 0 Å². The van der Waals surface area contributed by atoms with Crippen molar-refractivity contribution < 1.29 is 4.79 Å². The number of likely N-dealkylation sites (tertiary alicyclic amines) is 1. The highest BCUT2D eigenvalue weighted by atomic mass is 16.1. The van der Waals surface area contributed by atoms with Gasteiger partial charge < -0.3 is 14.8 Å². The number of hydrogen-bond donors (Lipinski definition) is 1. The standard InChI is InChI=1S/C22H30N4O/c27-22(18-8-10-20(11-9-18)26-15-12-23-17-26)24-21-7-3-2-6-19(21)16-25-13-4-1-5-14-25/h8-12,15,17,19,21H,1-7,13-14,16H2,(H,24,27). The molecule has 0 spiro atoms. The Hall–Kier alpha value is -2.14. The molecule has 1 amide bonds. The van der Waals surface area contributed by atoms with Crippen LogP contribution in [0, 0.1) is 5.92 Å². The molecule has 1 aliphatic heterocycles. The summed E-state index contributed by atoms with van der Waals surface area (Å²) in [5.41, 5.74) is 1.76. The Labute approximate surface area is 161 Å². The highest BCUT2D eigenvalue weighted by molar-refractivity contribution is 5.94. The van der Waals surface area contributed by atoms with Gasteiger partial charge in [-0.25, -0.2) is 4.98 Å². The van der Waals surface area contributed by atoms with Crippen LogP contribution in [-0.4, -0.2) is 46.0 Å². The first-order chi connectivity index (χ1) is 13.3. The fraction of sp³-hybridized carbons (Fsp3) is 0.545. The number of nitrogens with zero attached hydrogens (tertiary/aromatic N) is 3. The first-order valence-corrected chi connectivity index (χ1v) is 10.4. The van der Waals surface area contributed by atoms with Crippen LogP contribution < -0.4 is 5.32 Å². The number of aromatic nitrogens is 2. The van der Waals surface area contributed by atoms with E-state index in [1.54, 1.807) is 12.5 Å². The lowest BCUT2D eigenvalue weighted by Crippen LogP contribution is -2.47. The summed E-state index contributed by atoms with van der Waals surface area (Å²) in [5, 5.41) is 3.34. The topological polar surface area (TPSA) is 50.2 Å². The molecule has 27 heavy (non-hydrogen) atoms. The highest BCUT2D eigenvalue weighted by Crippen LogP contribution is 2.26. The van der Waals surface area contributed by atoms with E-state index in [0.717, 1.165) is 24.2 Å². The lowest BCUT2D eigenvalue weighted by molar-refractivity contribution is 0.0877. The molecule has 144 valence electrons. The van der Waals surface area contributed by atoms with Gasteiger partial charge in [0.2, 0.25) is 0 Å². The summed E-state index contributed by atoms with van der Waals surface area (Å²) < 4.78 is 1.94. The Bertz CT molecular complexity index is 719. The van der Waals surface area contributed by atoms with Crippen LogP contribution in [0.25, 0.3) is 5.69 Å². The van der Waals surface area contributed by atoms with Crippen molar-refractivity contribution in [2.75, 3.05) is 19.6 Å². The van der Waals surface area contributed by atoms with E-state index >= 15 is 0 Å². The zero-order valence-electron chi connectivity index (χ0n) is 16.0. The molecule has 4 rings (SSSR count). The molecule has 2 fully saturated rings. The Kier molecular flexibility index (Phi) is 5.87. The number of rotatable bonds is 5. The molecule has 1 saturated heterocycles. The van der Waals surface area contributed by atoms with Gasteiger partial charge in [-0.3, -0.25) is 4.79 Å². The zero-order chi connectivity index (χ0) is 18.5. The van der Waals surface area contributed by atoms with Crippen LogP contribution in [0.2, 0.25) is 0 Å². The summed E-state index contributed by atoms with van der Waals surface area (Å²) in [4.78, 5) is 19.5. The van der Waals surface area contributed by atoms with Crippen LogP contribution in [0.15, 0.2) is 43.0 Å². The number of hydrogen-bond acceptors (Lipinski definition) is 3. The van der Waals surface area contributed by atoms with Gasteiger partial charge in [0.15, 0.2) is 0 Å². The van der Waals surface area contributed by atoms with Gasteiger partial charge in [-0.05, 0) is 69.0 Å². The predicted octanol–water partition coefficient (Wildman–Crippen LogP) is 3.65. The Morgan fingerprint density at radius 3 is 2.56 bits per heavy atom. The van der Waals surface area contributed by atoms with E-state index in [9.17, 15) is 4.79 Å². The number of benzene rings is 1. The van der Waals surface area contributed by atoms with Gasteiger partial charge in [-0.2, -0.15) is 0 Å². The fourth-order valence-corrected chi connectivity index (χ4v) is 4.54. The van der Waals surface area contributed by atoms with Crippen molar-refractivity contribution >= 4 is 5.91 Å². The fourth-order valence-electron chi connectivity index (χ4n) is 4.54. The number of piperidine rings is 1. The molecule has 2 aliphatic rings. The summed E-state index contributed by atoms with van der Waals surface area (Å²) in [5.74, 6) is 0.647. The van der Waals surface area contributed by atoms with Gasteiger partial charge in [-0.15, -0.1) is 0 Å². The van der Waals surface area contributed by atoms with E-state index in [1.807, 2.05) is 35.0 Å². The Morgan fingerprint density at radius 1 is 1.04 bits per heavy atom. The summed E-state index contributed by atoms with van der Waals surface area (Å²) >= 11 is 0. The third-order valence-corrected chi connectivity index (χ3v) is 6.10. The van der Waals surface area contributed by atoms with E-state index in [4.69, 9.17) is 0 Å². The van der Waals surface area contributed by atoms with Crippen LogP contribution in [0.5, 0.6) is 0 Å². The number of imidazole rings is 1. The molecule has 2 heterocycles. The molecule has 0 radical (unpaired) electrons. The van der Waals surface area contributed by atoms with Crippen molar-refractivity contribution in [3.05, 3.63) is 48.5 Å². The second-order valence-corrected chi connectivity index (χ2v) is 8.00. The molecule has 1 saturated carbocycles. The molecule has 1 aromatic heterocycles. The second kappa shape index (κ2) is 8.70. The molecule has 1 aliphatic carbocycles. The van der Waals surface area contributed by atoms with Crippen molar-refractivity contribution in [1.82, 2.24) is 19.8 Å². The Morgan fingerprint density at radius 2 is 1.81 bits per heavy atom. The van der Waals surface area contributed by atoms with Crippen LogP contribution in [0.4, 0.5) is 0 Å². The molecule has 2 unspecified atom stereocenters. The number of carbonyl (C=O) groups is 1. The van der Waals surface area contributed by atoms with E-state index in [2.05, 4.69) is 15.2 Å². The molecular weight excluding hydrogens is 336 g/mol. The highest BCUT2D eigenvalue weighted by Gasteiger charge is 2.28. The SMILES string of the molecule is O=C(NC1CCCCC1CN1CCCCC1)c1ccc(-n2ccnc2)cc1. The predicted molar refractivity (Wildman–Crippen MR) is 107 cm³/mol. The maximum atomic E-state index is 12.8. The van der Waals surface area contributed by atoms with Gasteiger partial charge in [-0.1, -0.05) is 19.3 Å². The minimum Gasteiger partial charge on any atom is -0.349 e. The minimum atomic E-state index is 0.0581. The van der Waals surface area contributed by atoms with Crippen LogP contribution in [0.1, 0.15) is 55.3 Å². The average molecular weight is 367 g/mol. The lowest BCUT2D eigenvalue weighted by atomic mass is 9.83. The van der Waals surface area contributed by atoms with E-state index in [1.165, 1.54) is 51.6 Å². The number of carbonyl (C=O) groups excluding carboxylic acids is 1. The van der Waals surface area contributed by atoms with Gasteiger partial charge in [0, 0.05) is 36.2 Å². The van der Waals surface area contributed by atoms with Gasteiger partial charge in [0.1, 0.15) is 0 Å². The largest absolute Gasteiger partial charge is 0.349 e. The van der Waals surface area contributed by atoms with Crippen LogP contribution in [0.3, 0.4) is 0 Å². The molecule has 1 aromatic carbocycles. The number of nitrogens with one attached hydrogen (secondary N) is 1. The smallest absolute Gasteiger partial charge is 0.251 e. The first kappa shape index (κ1) is 18.2. The maximum absolute atomic E-state index is 12.8. The van der Waals surface area contributed by atoms with Crippen LogP contribution >= 0.6 is 0 Å². The summed E-state index contributed by atoms with van der Waals surface area (Å²) in [6.07, 6.45) is 14.3. The zero-order valence-corrected chi connectivity index (χ0v) is 16.0. The van der Waals surface area contributed by atoms with E-state index in [0.29, 0.717) is 12.0 Å². The Balaban J connectivity index is 1.37.